The van der Waals surface area contributed by atoms with E-state index >= 15 is 0 Å². The van der Waals surface area contributed by atoms with Crippen molar-refractivity contribution in [2.24, 2.45) is 0 Å². The number of aryl methyl sites for hydroxylation is 1. The van der Waals surface area contributed by atoms with Crippen molar-refractivity contribution in [1.82, 2.24) is 13.9 Å². The van der Waals surface area contributed by atoms with Gasteiger partial charge in [0.2, 0.25) is 10.0 Å². The number of unbranched alkanes of at least 4 members (excludes halogenated alkanes) is 1. The highest BCUT2D eigenvalue weighted by Gasteiger charge is 2.34. The minimum atomic E-state index is -3.33. The first-order chi connectivity index (χ1) is 14.6. The maximum Gasteiger partial charge on any atom is 0.216 e. The second-order valence-corrected chi connectivity index (χ2v) is 10.0. The molecule has 1 fully saturated rings. The van der Waals surface area contributed by atoms with Gasteiger partial charge in [-0.15, -0.1) is 0 Å². The molecule has 160 valence electrons. The number of imidazole rings is 1. The van der Waals surface area contributed by atoms with E-state index in [4.69, 9.17) is 0 Å². The summed E-state index contributed by atoms with van der Waals surface area (Å²) >= 11 is 0. The second kappa shape index (κ2) is 9.18. The summed E-state index contributed by atoms with van der Waals surface area (Å²) in [5.74, 6) is 0.111. The van der Waals surface area contributed by atoms with E-state index in [1.54, 1.807) is 16.8 Å². The monoisotopic (exact) mass is 426 g/mol. The van der Waals surface area contributed by atoms with Gasteiger partial charge in [-0.05, 0) is 17.9 Å². The molecule has 0 saturated carbocycles. The Bertz CT molecular complexity index is 1060. The molecule has 4 rings (SSSR count). The van der Waals surface area contributed by atoms with Gasteiger partial charge in [0.15, 0.2) is 0 Å². The molecule has 3 aromatic rings. The van der Waals surface area contributed by atoms with Crippen LogP contribution >= 0.6 is 0 Å². The molecule has 0 unspecified atom stereocenters. The molecule has 1 aromatic heterocycles. The Hall–Kier alpha value is -2.38. The molecule has 1 saturated heterocycles. The Balaban J connectivity index is 1.54. The molecule has 0 spiro atoms. The van der Waals surface area contributed by atoms with Crippen LogP contribution in [0.15, 0.2) is 61.2 Å². The Morgan fingerprint density at radius 2 is 1.93 bits per heavy atom. The van der Waals surface area contributed by atoms with Crippen molar-refractivity contribution in [1.29, 1.82) is 0 Å². The van der Waals surface area contributed by atoms with Crippen LogP contribution in [0.1, 0.15) is 26.2 Å². The third-order valence-electron chi connectivity index (χ3n) is 5.95. The van der Waals surface area contributed by atoms with Gasteiger partial charge in [0, 0.05) is 55.7 Å². The lowest BCUT2D eigenvalue weighted by atomic mass is 10.0. The number of anilines is 1. The van der Waals surface area contributed by atoms with Gasteiger partial charge in [-0.2, -0.15) is 4.31 Å². The summed E-state index contributed by atoms with van der Waals surface area (Å²) in [4.78, 5) is 6.37. The number of nitrogens with zero attached hydrogens (tertiary/aromatic N) is 4. The highest BCUT2D eigenvalue weighted by molar-refractivity contribution is 7.89. The van der Waals surface area contributed by atoms with E-state index in [9.17, 15) is 8.42 Å². The molecule has 0 N–H and O–H groups in total. The van der Waals surface area contributed by atoms with Crippen LogP contribution in [0.4, 0.5) is 5.69 Å². The van der Waals surface area contributed by atoms with E-state index in [0.29, 0.717) is 19.6 Å². The van der Waals surface area contributed by atoms with Gasteiger partial charge < -0.3 is 9.47 Å². The van der Waals surface area contributed by atoms with E-state index in [-0.39, 0.29) is 11.8 Å². The van der Waals surface area contributed by atoms with Gasteiger partial charge in [0.25, 0.3) is 0 Å². The molecular weight excluding hydrogens is 396 g/mol. The third kappa shape index (κ3) is 4.52. The molecule has 1 atom stereocenters. The number of fused-ring (bicyclic) bond motifs is 1. The van der Waals surface area contributed by atoms with Crippen LogP contribution in [0.3, 0.4) is 0 Å². The smallest absolute Gasteiger partial charge is 0.216 e. The summed E-state index contributed by atoms with van der Waals surface area (Å²) in [6.45, 7) is 4.57. The number of benzene rings is 2. The quantitative estimate of drug-likeness (QED) is 0.550. The first kappa shape index (κ1) is 20.9. The van der Waals surface area contributed by atoms with Gasteiger partial charge >= 0.3 is 0 Å². The van der Waals surface area contributed by atoms with E-state index in [1.165, 1.54) is 16.5 Å². The lowest BCUT2D eigenvalue weighted by Crippen LogP contribution is -2.56. The standard InChI is InChI=1S/C23H30N4O2S/c1-2-3-9-21-18-26(23-11-6-8-20-7-4-5-10-22(20)23)14-15-27(21)30(28,29)17-16-25-13-12-24-19-25/h4-8,10-13,19,21H,2-3,9,14-18H2,1H3/t21-/m0/s1. The van der Waals surface area contributed by atoms with Crippen molar-refractivity contribution in [2.45, 2.75) is 38.8 Å². The largest absolute Gasteiger partial charge is 0.368 e. The number of hydrogen-bond acceptors (Lipinski definition) is 4. The predicted molar refractivity (Wildman–Crippen MR) is 122 cm³/mol. The van der Waals surface area contributed by atoms with E-state index in [2.05, 4.69) is 59.3 Å². The topological polar surface area (TPSA) is 58.4 Å². The van der Waals surface area contributed by atoms with Crippen molar-refractivity contribution < 1.29 is 8.42 Å². The molecule has 7 heteroatoms. The summed E-state index contributed by atoms with van der Waals surface area (Å²) < 4.78 is 30.0. The molecule has 2 heterocycles. The van der Waals surface area contributed by atoms with Crippen molar-refractivity contribution >= 4 is 26.5 Å². The molecule has 0 bridgehead atoms. The fourth-order valence-corrected chi connectivity index (χ4v) is 6.00. The fourth-order valence-electron chi connectivity index (χ4n) is 4.34. The zero-order chi connectivity index (χ0) is 21.0. The molecule has 1 aliphatic rings. The fraction of sp³-hybridized carbons (Fsp3) is 0.435. The summed E-state index contributed by atoms with van der Waals surface area (Å²) in [6.07, 6.45) is 8.14. The van der Waals surface area contributed by atoms with Crippen LogP contribution in [0.25, 0.3) is 10.8 Å². The van der Waals surface area contributed by atoms with Gasteiger partial charge in [-0.1, -0.05) is 56.2 Å². The van der Waals surface area contributed by atoms with E-state index < -0.39 is 10.0 Å². The van der Waals surface area contributed by atoms with Crippen molar-refractivity contribution in [3.63, 3.8) is 0 Å². The predicted octanol–water partition coefficient (Wildman–Crippen LogP) is 3.75. The first-order valence-electron chi connectivity index (χ1n) is 10.8. The van der Waals surface area contributed by atoms with Crippen LogP contribution in [-0.4, -0.2) is 53.7 Å². The minimum absolute atomic E-state index is 0.00505. The van der Waals surface area contributed by atoms with Crippen LogP contribution in [0.2, 0.25) is 0 Å². The average Bonchev–Trinajstić information content (AvgIpc) is 3.29. The van der Waals surface area contributed by atoms with Crippen molar-refractivity contribution in [3.05, 3.63) is 61.2 Å². The Labute approximate surface area is 179 Å². The van der Waals surface area contributed by atoms with Gasteiger partial charge in [-0.3, -0.25) is 0 Å². The Morgan fingerprint density at radius 3 is 2.73 bits per heavy atom. The maximum atomic E-state index is 13.2. The third-order valence-corrected chi connectivity index (χ3v) is 7.84. The molecule has 2 aromatic carbocycles. The molecule has 0 aliphatic carbocycles. The van der Waals surface area contributed by atoms with Gasteiger partial charge in [-0.25, -0.2) is 13.4 Å². The molecule has 0 radical (unpaired) electrons. The molecule has 30 heavy (non-hydrogen) atoms. The number of hydrogen-bond donors (Lipinski definition) is 0. The Kier molecular flexibility index (Phi) is 6.39. The van der Waals surface area contributed by atoms with Crippen molar-refractivity contribution in [3.8, 4) is 0 Å². The van der Waals surface area contributed by atoms with Gasteiger partial charge in [0.05, 0.1) is 12.1 Å². The number of piperazine rings is 1. The van der Waals surface area contributed by atoms with Crippen LogP contribution in [-0.2, 0) is 16.6 Å². The SMILES string of the molecule is CCCC[C@H]1CN(c2cccc3ccccc23)CCN1S(=O)(=O)CCn1ccnc1. The average molecular weight is 427 g/mol. The second-order valence-electron chi connectivity index (χ2n) is 7.97. The zero-order valence-corrected chi connectivity index (χ0v) is 18.3. The van der Waals surface area contributed by atoms with Crippen LogP contribution < -0.4 is 4.90 Å². The maximum absolute atomic E-state index is 13.2. The Morgan fingerprint density at radius 1 is 1.10 bits per heavy atom. The zero-order valence-electron chi connectivity index (χ0n) is 17.5. The molecular formula is C23H30N4O2S. The van der Waals surface area contributed by atoms with Gasteiger partial charge in [0.1, 0.15) is 0 Å². The molecule has 0 amide bonds. The summed E-state index contributed by atoms with van der Waals surface area (Å²) in [5.41, 5.74) is 1.20. The number of aromatic nitrogens is 2. The summed E-state index contributed by atoms with van der Waals surface area (Å²) in [6, 6.07) is 14.8. The minimum Gasteiger partial charge on any atom is -0.368 e. The summed E-state index contributed by atoms with van der Waals surface area (Å²) in [5, 5.41) is 2.45. The highest BCUT2D eigenvalue weighted by Crippen LogP contribution is 2.30. The normalized spacial score (nSPS) is 18.2. The summed E-state index contributed by atoms with van der Waals surface area (Å²) in [7, 11) is -3.33. The highest BCUT2D eigenvalue weighted by atomic mass is 32.2. The first-order valence-corrected chi connectivity index (χ1v) is 12.4. The van der Waals surface area contributed by atoms with Crippen molar-refractivity contribution in [2.75, 3.05) is 30.3 Å². The van der Waals surface area contributed by atoms with E-state index in [1.807, 2.05) is 10.8 Å². The van der Waals surface area contributed by atoms with Crippen LogP contribution in [0, 0.1) is 0 Å². The molecule has 6 nitrogen and oxygen atoms in total. The number of rotatable bonds is 8. The van der Waals surface area contributed by atoms with E-state index in [0.717, 1.165) is 25.8 Å². The van der Waals surface area contributed by atoms with Crippen LogP contribution in [0.5, 0.6) is 0 Å². The lowest BCUT2D eigenvalue weighted by Gasteiger charge is -2.42. The number of sulfonamides is 1. The lowest BCUT2D eigenvalue weighted by molar-refractivity contribution is 0.272. The molecule has 1 aliphatic heterocycles.